The molecule has 1 saturated heterocycles. The molecule has 2 rings (SSSR count). The Bertz CT molecular complexity index is 533. The molecule has 0 aromatic heterocycles. The summed E-state index contributed by atoms with van der Waals surface area (Å²) < 4.78 is 6.28. The van der Waals surface area contributed by atoms with Crippen LogP contribution in [0.5, 0.6) is 0 Å². The van der Waals surface area contributed by atoms with Crippen molar-refractivity contribution in [1.82, 2.24) is 15.1 Å². The molecule has 1 aliphatic rings. The predicted molar refractivity (Wildman–Crippen MR) is 123 cm³/mol. The van der Waals surface area contributed by atoms with Crippen molar-refractivity contribution in [2.75, 3.05) is 54.0 Å². The highest BCUT2D eigenvalue weighted by molar-refractivity contribution is 14.0. The first kappa shape index (κ1) is 23.7. The van der Waals surface area contributed by atoms with Crippen molar-refractivity contribution in [1.29, 1.82) is 0 Å². The monoisotopic (exact) mass is 538 g/mol. The van der Waals surface area contributed by atoms with E-state index in [1.165, 1.54) is 31.5 Å². The topological polar surface area (TPSA) is 40.1 Å². The summed E-state index contributed by atoms with van der Waals surface area (Å²) in [5, 5.41) is 3.55. The summed E-state index contributed by atoms with van der Waals surface area (Å²) in [6, 6.07) is 8.45. The summed E-state index contributed by atoms with van der Waals surface area (Å²) in [5.41, 5.74) is 1.28. The third-order valence-electron chi connectivity index (χ3n) is 4.77. The standard InChI is InChI=1S/C19H31BrN4O.HI/c1-21-19(23(2)15-17-4-6-18(20)7-5-17)22-14-16-8-10-24(11-9-16)12-13-25-3;/h4-7,16H,8-15H2,1-3H3,(H,21,22);1H. The number of nitrogens with one attached hydrogen (secondary N) is 1. The first-order valence-corrected chi connectivity index (χ1v) is 9.79. The SMILES string of the molecule is CN=C(NCC1CCN(CCOC)CC1)N(C)Cc1ccc(Br)cc1.I. The van der Waals surface area contributed by atoms with E-state index < -0.39 is 0 Å². The molecule has 0 aliphatic carbocycles. The molecule has 0 atom stereocenters. The van der Waals surface area contributed by atoms with Crippen LogP contribution in [-0.4, -0.2) is 69.8 Å². The molecule has 148 valence electrons. The van der Waals surface area contributed by atoms with Gasteiger partial charge >= 0.3 is 0 Å². The lowest BCUT2D eigenvalue weighted by Crippen LogP contribution is -2.43. The van der Waals surface area contributed by atoms with Crippen LogP contribution < -0.4 is 5.32 Å². The number of ether oxygens (including phenoxy) is 1. The molecule has 1 aliphatic heterocycles. The Balaban J connectivity index is 0.00000338. The number of piperidine rings is 1. The van der Waals surface area contributed by atoms with Crippen molar-refractivity contribution < 1.29 is 4.74 Å². The van der Waals surface area contributed by atoms with Crippen molar-refractivity contribution in [3.63, 3.8) is 0 Å². The number of halogens is 2. The largest absolute Gasteiger partial charge is 0.383 e. The van der Waals surface area contributed by atoms with E-state index in [1.54, 1.807) is 7.11 Å². The molecule has 1 aromatic rings. The van der Waals surface area contributed by atoms with Crippen molar-refractivity contribution in [3.8, 4) is 0 Å². The molecule has 1 fully saturated rings. The van der Waals surface area contributed by atoms with Crippen LogP contribution in [0.4, 0.5) is 0 Å². The summed E-state index contributed by atoms with van der Waals surface area (Å²) in [5.74, 6) is 1.68. The van der Waals surface area contributed by atoms with Gasteiger partial charge in [-0.25, -0.2) is 0 Å². The minimum absolute atomic E-state index is 0. The number of nitrogens with zero attached hydrogens (tertiary/aromatic N) is 3. The molecule has 5 nitrogen and oxygen atoms in total. The molecular weight excluding hydrogens is 507 g/mol. The molecule has 7 heteroatoms. The summed E-state index contributed by atoms with van der Waals surface area (Å²) in [7, 11) is 5.71. The van der Waals surface area contributed by atoms with Crippen LogP contribution in [0.3, 0.4) is 0 Å². The maximum atomic E-state index is 5.17. The Morgan fingerprint density at radius 2 is 1.96 bits per heavy atom. The van der Waals surface area contributed by atoms with Gasteiger partial charge in [0.25, 0.3) is 0 Å². The minimum Gasteiger partial charge on any atom is -0.383 e. The first-order chi connectivity index (χ1) is 12.1. The first-order valence-electron chi connectivity index (χ1n) is 9.00. The van der Waals surface area contributed by atoms with Gasteiger partial charge < -0.3 is 19.9 Å². The Hall–Kier alpha value is -0.380. The van der Waals surface area contributed by atoms with Crippen molar-refractivity contribution in [3.05, 3.63) is 34.3 Å². The van der Waals surface area contributed by atoms with E-state index in [9.17, 15) is 0 Å². The lowest BCUT2D eigenvalue weighted by Gasteiger charge is -2.32. The summed E-state index contributed by atoms with van der Waals surface area (Å²) >= 11 is 3.48. The van der Waals surface area contributed by atoms with Gasteiger partial charge in [-0.05, 0) is 49.5 Å². The highest BCUT2D eigenvalue weighted by atomic mass is 127. The van der Waals surface area contributed by atoms with Crippen LogP contribution in [0.15, 0.2) is 33.7 Å². The number of guanidine groups is 1. The van der Waals surface area contributed by atoms with Crippen molar-refractivity contribution in [2.24, 2.45) is 10.9 Å². The van der Waals surface area contributed by atoms with Crippen LogP contribution in [-0.2, 0) is 11.3 Å². The van der Waals surface area contributed by atoms with Gasteiger partial charge in [0.05, 0.1) is 6.61 Å². The molecule has 0 radical (unpaired) electrons. The Morgan fingerprint density at radius 1 is 1.31 bits per heavy atom. The van der Waals surface area contributed by atoms with E-state index in [1.807, 2.05) is 7.05 Å². The lowest BCUT2D eigenvalue weighted by atomic mass is 9.97. The molecule has 1 N–H and O–H groups in total. The van der Waals surface area contributed by atoms with Gasteiger partial charge in [0.2, 0.25) is 0 Å². The van der Waals surface area contributed by atoms with Crippen LogP contribution in [0.1, 0.15) is 18.4 Å². The van der Waals surface area contributed by atoms with E-state index >= 15 is 0 Å². The fourth-order valence-corrected chi connectivity index (χ4v) is 3.46. The molecule has 0 spiro atoms. The number of rotatable bonds is 7. The molecular formula is C19H32BrIN4O. The number of methoxy groups -OCH3 is 1. The zero-order valence-electron chi connectivity index (χ0n) is 16.1. The Kier molecular flexibility index (Phi) is 11.7. The van der Waals surface area contributed by atoms with Gasteiger partial charge in [-0.3, -0.25) is 4.99 Å². The van der Waals surface area contributed by atoms with Gasteiger partial charge in [0.15, 0.2) is 5.96 Å². The molecule has 1 heterocycles. The molecule has 0 amide bonds. The lowest BCUT2D eigenvalue weighted by molar-refractivity contribution is 0.120. The average molecular weight is 539 g/mol. The van der Waals surface area contributed by atoms with E-state index in [0.717, 1.165) is 42.6 Å². The summed E-state index contributed by atoms with van der Waals surface area (Å²) in [6.45, 7) is 6.06. The van der Waals surface area contributed by atoms with Gasteiger partial charge in [-0.2, -0.15) is 0 Å². The van der Waals surface area contributed by atoms with E-state index in [2.05, 4.69) is 67.4 Å². The zero-order chi connectivity index (χ0) is 18.1. The summed E-state index contributed by atoms with van der Waals surface area (Å²) in [4.78, 5) is 9.11. The second-order valence-corrected chi connectivity index (χ2v) is 7.60. The fourth-order valence-electron chi connectivity index (χ4n) is 3.19. The van der Waals surface area contributed by atoms with Crippen LogP contribution in [0.2, 0.25) is 0 Å². The highest BCUT2D eigenvalue weighted by Crippen LogP contribution is 2.16. The van der Waals surface area contributed by atoms with E-state index in [4.69, 9.17) is 4.74 Å². The van der Waals surface area contributed by atoms with Crippen LogP contribution in [0.25, 0.3) is 0 Å². The number of hydrogen-bond acceptors (Lipinski definition) is 3. The molecule has 0 bridgehead atoms. The number of aliphatic imine (C=N–C) groups is 1. The molecule has 26 heavy (non-hydrogen) atoms. The average Bonchev–Trinajstić information content (AvgIpc) is 2.63. The second kappa shape index (κ2) is 12.9. The third kappa shape index (κ3) is 8.10. The van der Waals surface area contributed by atoms with Crippen molar-refractivity contribution >= 4 is 45.9 Å². The smallest absolute Gasteiger partial charge is 0.193 e. The van der Waals surface area contributed by atoms with Gasteiger partial charge in [0.1, 0.15) is 0 Å². The quantitative estimate of drug-likeness (QED) is 0.328. The Labute approximate surface area is 183 Å². The number of hydrogen-bond donors (Lipinski definition) is 1. The molecule has 0 unspecified atom stereocenters. The van der Waals surface area contributed by atoms with E-state index in [0.29, 0.717) is 0 Å². The molecule has 1 aromatic carbocycles. The minimum atomic E-state index is 0. The van der Waals surface area contributed by atoms with E-state index in [-0.39, 0.29) is 24.0 Å². The fraction of sp³-hybridized carbons (Fsp3) is 0.632. The van der Waals surface area contributed by atoms with Gasteiger partial charge in [-0.15, -0.1) is 24.0 Å². The third-order valence-corrected chi connectivity index (χ3v) is 5.30. The Morgan fingerprint density at radius 3 is 2.54 bits per heavy atom. The normalized spacial score (nSPS) is 16.2. The predicted octanol–water partition coefficient (Wildman–Crippen LogP) is 3.43. The number of benzene rings is 1. The maximum Gasteiger partial charge on any atom is 0.193 e. The maximum absolute atomic E-state index is 5.17. The van der Waals surface area contributed by atoms with Crippen LogP contribution >= 0.6 is 39.9 Å². The van der Waals surface area contributed by atoms with Crippen molar-refractivity contribution in [2.45, 2.75) is 19.4 Å². The number of likely N-dealkylation sites (tertiary alicyclic amines) is 1. The van der Waals surface area contributed by atoms with Gasteiger partial charge in [-0.1, -0.05) is 28.1 Å². The highest BCUT2D eigenvalue weighted by Gasteiger charge is 2.19. The molecule has 0 saturated carbocycles. The second-order valence-electron chi connectivity index (χ2n) is 6.69. The summed E-state index contributed by atoms with van der Waals surface area (Å²) in [6.07, 6.45) is 2.48. The van der Waals surface area contributed by atoms with Gasteiger partial charge in [0, 0.05) is 45.3 Å². The van der Waals surface area contributed by atoms with Crippen LogP contribution in [0, 0.1) is 5.92 Å². The zero-order valence-corrected chi connectivity index (χ0v) is 20.0.